The highest BCUT2D eigenvalue weighted by atomic mass is 32.1. The first-order valence-corrected chi connectivity index (χ1v) is 9.79. The first kappa shape index (κ1) is 17.0. The molecule has 1 aliphatic rings. The average Bonchev–Trinajstić information content (AvgIpc) is 3.04. The average molecular weight is 367 g/mol. The number of carbonyl (C=O) groups is 1. The monoisotopic (exact) mass is 367 g/mol. The van der Waals surface area contributed by atoms with E-state index in [0.717, 1.165) is 40.6 Å². The minimum atomic E-state index is -0.186. The second-order valence-corrected chi connectivity index (χ2v) is 7.85. The number of carbonyl (C=O) groups excluding carboxylic acids is 1. The van der Waals surface area contributed by atoms with Crippen molar-refractivity contribution in [1.29, 1.82) is 0 Å². The molecule has 0 saturated heterocycles. The summed E-state index contributed by atoms with van der Waals surface area (Å²) in [4.78, 5) is 31.8. The number of aryl methyl sites for hydroxylation is 2. The van der Waals surface area contributed by atoms with Crippen LogP contribution in [0.25, 0.3) is 10.2 Å². The molecule has 5 nitrogen and oxygen atoms in total. The van der Waals surface area contributed by atoms with Crippen LogP contribution in [0.2, 0.25) is 0 Å². The minimum Gasteiger partial charge on any atom is -0.348 e. The van der Waals surface area contributed by atoms with Crippen LogP contribution in [0.4, 0.5) is 0 Å². The molecule has 6 heteroatoms. The van der Waals surface area contributed by atoms with Gasteiger partial charge in [0.05, 0.1) is 17.8 Å². The van der Waals surface area contributed by atoms with Crippen molar-refractivity contribution in [1.82, 2.24) is 14.9 Å². The molecule has 0 spiro atoms. The summed E-state index contributed by atoms with van der Waals surface area (Å²) in [5, 5.41) is 3.67. The van der Waals surface area contributed by atoms with Gasteiger partial charge >= 0.3 is 0 Å². The van der Waals surface area contributed by atoms with Crippen LogP contribution in [0, 0.1) is 0 Å². The lowest BCUT2D eigenvalue weighted by Crippen LogP contribution is -2.34. The Balaban J connectivity index is 1.56. The van der Waals surface area contributed by atoms with E-state index >= 15 is 0 Å². The zero-order valence-corrected chi connectivity index (χ0v) is 15.5. The lowest BCUT2D eigenvalue weighted by molar-refractivity contribution is -0.122. The van der Waals surface area contributed by atoms with Gasteiger partial charge in [-0.1, -0.05) is 30.3 Å². The lowest BCUT2D eigenvalue weighted by atomic mass is 9.97. The molecule has 3 aromatic rings. The minimum absolute atomic E-state index is 0.0104. The number of nitrogens with one attached hydrogen (secondary N) is 1. The van der Waals surface area contributed by atoms with Crippen LogP contribution in [0.15, 0.2) is 41.5 Å². The predicted molar refractivity (Wildman–Crippen MR) is 104 cm³/mol. The fraction of sp³-hybridized carbons (Fsp3) is 0.350. The van der Waals surface area contributed by atoms with Gasteiger partial charge in [-0.15, -0.1) is 11.3 Å². The van der Waals surface area contributed by atoms with Gasteiger partial charge in [0.1, 0.15) is 11.4 Å². The van der Waals surface area contributed by atoms with Gasteiger partial charge in [-0.05, 0) is 43.7 Å². The Morgan fingerprint density at radius 2 is 2.04 bits per heavy atom. The van der Waals surface area contributed by atoms with E-state index in [4.69, 9.17) is 0 Å². The van der Waals surface area contributed by atoms with Crippen molar-refractivity contribution in [2.75, 3.05) is 0 Å². The summed E-state index contributed by atoms with van der Waals surface area (Å²) in [7, 11) is 0. The number of benzene rings is 1. The van der Waals surface area contributed by atoms with Crippen molar-refractivity contribution >= 4 is 27.5 Å². The zero-order chi connectivity index (χ0) is 18.1. The van der Waals surface area contributed by atoms with E-state index in [1.807, 2.05) is 37.3 Å². The SMILES string of the molecule is C[C@H](NC(=O)Cn1cnc2sc3c(c2c1=O)CCCC3)c1ccccc1. The van der Waals surface area contributed by atoms with Crippen LogP contribution in [-0.4, -0.2) is 15.5 Å². The number of aromatic nitrogens is 2. The largest absolute Gasteiger partial charge is 0.348 e. The number of rotatable bonds is 4. The Labute approximate surface area is 155 Å². The zero-order valence-electron chi connectivity index (χ0n) is 14.7. The summed E-state index contributed by atoms with van der Waals surface area (Å²) in [6.07, 6.45) is 5.76. The first-order valence-electron chi connectivity index (χ1n) is 8.97. The van der Waals surface area contributed by atoms with E-state index in [1.165, 1.54) is 22.2 Å². The fourth-order valence-corrected chi connectivity index (χ4v) is 4.78. The Kier molecular flexibility index (Phi) is 4.59. The van der Waals surface area contributed by atoms with E-state index in [2.05, 4.69) is 10.3 Å². The highest BCUT2D eigenvalue weighted by molar-refractivity contribution is 7.18. The van der Waals surface area contributed by atoms with Crippen molar-refractivity contribution < 1.29 is 4.79 Å². The molecule has 1 aliphatic carbocycles. The summed E-state index contributed by atoms with van der Waals surface area (Å²) in [6.45, 7) is 1.93. The molecule has 0 unspecified atom stereocenters. The van der Waals surface area contributed by atoms with Crippen LogP contribution in [0.3, 0.4) is 0 Å². The van der Waals surface area contributed by atoms with Crippen molar-refractivity contribution in [2.24, 2.45) is 0 Å². The van der Waals surface area contributed by atoms with Crippen molar-refractivity contribution in [3.8, 4) is 0 Å². The maximum Gasteiger partial charge on any atom is 0.262 e. The van der Waals surface area contributed by atoms with E-state index in [1.54, 1.807) is 11.3 Å². The molecule has 1 amide bonds. The second-order valence-electron chi connectivity index (χ2n) is 6.77. The van der Waals surface area contributed by atoms with Crippen LogP contribution in [0.5, 0.6) is 0 Å². The number of fused-ring (bicyclic) bond motifs is 3. The molecule has 2 aromatic heterocycles. The predicted octanol–water partition coefficient (Wildman–Crippen LogP) is 3.21. The topological polar surface area (TPSA) is 64.0 Å². The maximum absolute atomic E-state index is 12.9. The molecular weight excluding hydrogens is 346 g/mol. The third-order valence-electron chi connectivity index (χ3n) is 4.93. The summed E-state index contributed by atoms with van der Waals surface area (Å²) in [5.41, 5.74) is 2.09. The third-order valence-corrected chi connectivity index (χ3v) is 6.13. The first-order chi connectivity index (χ1) is 12.6. The maximum atomic E-state index is 12.9. The van der Waals surface area contributed by atoms with Gasteiger partial charge in [0.15, 0.2) is 0 Å². The van der Waals surface area contributed by atoms with Gasteiger partial charge in [0.25, 0.3) is 5.56 Å². The molecule has 1 atom stereocenters. The highest BCUT2D eigenvalue weighted by Gasteiger charge is 2.20. The molecule has 1 aromatic carbocycles. The Morgan fingerprint density at radius 3 is 2.85 bits per heavy atom. The molecule has 4 rings (SSSR count). The van der Waals surface area contributed by atoms with E-state index in [-0.39, 0.29) is 24.1 Å². The molecule has 0 radical (unpaired) electrons. The molecule has 2 heterocycles. The molecule has 26 heavy (non-hydrogen) atoms. The van der Waals surface area contributed by atoms with Gasteiger partial charge in [-0.25, -0.2) is 4.98 Å². The normalized spacial score (nSPS) is 14.8. The summed E-state index contributed by atoms with van der Waals surface area (Å²) in [5.74, 6) is -0.186. The van der Waals surface area contributed by atoms with Crippen molar-refractivity contribution in [2.45, 2.75) is 45.2 Å². The van der Waals surface area contributed by atoms with E-state index < -0.39 is 0 Å². The van der Waals surface area contributed by atoms with Gasteiger partial charge in [0, 0.05) is 4.88 Å². The number of hydrogen-bond acceptors (Lipinski definition) is 4. The molecule has 0 saturated carbocycles. The van der Waals surface area contributed by atoms with Crippen molar-refractivity contribution in [3.05, 3.63) is 63.0 Å². The Hall–Kier alpha value is -2.47. The molecule has 0 bridgehead atoms. The molecule has 1 N–H and O–H groups in total. The van der Waals surface area contributed by atoms with Crippen molar-refractivity contribution in [3.63, 3.8) is 0 Å². The third kappa shape index (κ3) is 3.17. The number of nitrogens with zero attached hydrogens (tertiary/aromatic N) is 2. The van der Waals surface area contributed by atoms with Crippen LogP contribution >= 0.6 is 11.3 Å². The van der Waals surface area contributed by atoms with Crippen LogP contribution in [-0.2, 0) is 24.2 Å². The van der Waals surface area contributed by atoms with E-state index in [9.17, 15) is 9.59 Å². The van der Waals surface area contributed by atoms with Crippen LogP contribution in [0.1, 0.15) is 41.8 Å². The molecular formula is C20H21N3O2S. The fourth-order valence-electron chi connectivity index (χ4n) is 3.56. The van der Waals surface area contributed by atoms with E-state index in [0.29, 0.717) is 0 Å². The quantitative estimate of drug-likeness (QED) is 0.770. The molecule has 0 aliphatic heterocycles. The summed E-state index contributed by atoms with van der Waals surface area (Å²) >= 11 is 1.62. The molecule has 0 fully saturated rings. The summed E-state index contributed by atoms with van der Waals surface area (Å²) in [6, 6.07) is 9.68. The number of hydrogen-bond donors (Lipinski definition) is 1. The Morgan fingerprint density at radius 1 is 1.27 bits per heavy atom. The van der Waals surface area contributed by atoms with Gasteiger partial charge < -0.3 is 5.32 Å². The van der Waals surface area contributed by atoms with Crippen LogP contribution < -0.4 is 10.9 Å². The lowest BCUT2D eigenvalue weighted by Gasteiger charge is -2.15. The van der Waals surface area contributed by atoms with Gasteiger partial charge in [-0.3, -0.25) is 14.2 Å². The standard InChI is InChI=1S/C20H21N3O2S/c1-13(14-7-3-2-4-8-14)22-17(24)11-23-12-21-19-18(20(23)25)15-9-5-6-10-16(15)26-19/h2-4,7-8,12-13H,5-6,9-11H2,1H3,(H,22,24)/t13-/m0/s1. The highest BCUT2D eigenvalue weighted by Crippen LogP contribution is 2.33. The summed E-state index contributed by atoms with van der Waals surface area (Å²) < 4.78 is 1.43. The molecule has 134 valence electrons. The number of thiophene rings is 1. The smallest absolute Gasteiger partial charge is 0.262 e. The number of amides is 1. The van der Waals surface area contributed by atoms with Gasteiger partial charge in [0.2, 0.25) is 5.91 Å². The Bertz CT molecular complexity index is 1010. The second kappa shape index (κ2) is 7.03. The van der Waals surface area contributed by atoms with Gasteiger partial charge in [-0.2, -0.15) is 0 Å².